The van der Waals surface area contributed by atoms with Crippen LogP contribution < -0.4 is 0 Å². The second-order valence-corrected chi connectivity index (χ2v) is 5.00. The van der Waals surface area contributed by atoms with Gasteiger partial charge in [0, 0.05) is 0 Å². The van der Waals surface area contributed by atoms with Gasteiger partial charge in [0.1, 0.15) is 0 Å². The van der Waals surface area contributed by atoms with Crippen LogP contribution in [0.25, 0.3) is 0 Å². The van der Waals surface area contributed by atoms with Crippen LogP contribution in [0.1, 0.15) is 0 Å². The van der Waals surface area contributed by atoms with E-state index in [4.69, 9.17) is 1.34 Å². The fraction of sp³-hybridized carbons (Fsp3) is 1.00. The standard InChI is InChI=1S/CH6BIP/c1-2(3)4/h2H,4H2,1H3/q-1/i2T. The van der Waals surface area contributed by atoms with Crippen LogP contribution in [0.2, 0.25) is 6.82 Å². The quantitative estimate of drug-likeness (QED) is 0.304. The Labute approximate surface area is 44.2 Å². The third-order valence-corrected chi connectivity index (χ3v) is 0. The van der Waals surface area contributed by atoms with Crippen molar-refractivity contribution in [2.45, 2.75) is 6.82 Å². The van der Waals surface area contributed by atoms with Crippen LogP contribution >= 0.6 is 31.5 Å². The fourth-order valence-corrected chi connectivity index (χ4v) is 0. The first kappa shape index (κ1) is 3.42. The Kier molecular flexibility index (Phi) is 2.10. The summed E-state index contributed by atoms with van der Waals surface area (Å²) in [5.74, 6) is 0. The normalized spacial score (nSPS) is 27.2. The van der Waals surface area contributed by atoms with Crippen molar-refractivity contribution in [2.24, 2.45) is 0 Å². The molecule has 0 bridgehead atoms. The zero-order valence-electron chi connectivity index (χ0n) is 3.53. The van der Waals surface area contributed by atoms with Crippen LogP contribution in [0.3, 0.4) is 0 Å². The minimum Gasteiger partial charge on any atom is -0.350 e. The Morgan fingerprint density at radius 2 is 2.50 bits per heavy atom. The molecule has 0 amide bonds. The molecule has 2 unspecified atom stereocenters. The summed E-state index contributed by atoms with van der Waals surface area (Å²) in [5.41, 5.74) is 0. The van der Waals surface area contributed by atoms with Gasteiger partial charge in [-0.2, -0.15) is 6.82 Å². The molecule has 0 aliphatic carbocycles. The molecule has 0 saturated heterocycles. The first-order valence-electron chi connectivity index (χ1n) is 1.71. The SMILES string of the molecule is [3H][B-](C)(P)I. The van der Waals surface area contributed by atoms with Crippen LogP contribution in [0.15, 0.2) is 0 Å². The van der Waals surface area contributed by atoms with Gasteiger partial charge in [0.15, 0.2) is 0 Å². The predicted octanol–water partition coefficient (Wildman–Crippen LogP) is 1.15. The Balaban J connectivity index is 3.02. The molecular formula is CH6BIP-. The average Bonchev–Trinajstić information content (AvgIpc) is 0.722. The second kappa shape index (κ2) is 2.46. The van der Waals surface area contributed by atoms with Gasteiger partial charge in [-0.3, -0.25) is 9.12 Å². The monoisotopic (exact) mass is 189 g/mol. The van der Waals surface area contributed by atoms with Crippen LogP contribution in [-0.2, 0) is 0 Å². The predicted molar refractivity (Wildman–Crippen MR) is 36.7 cm³/mol. The minimum absolute atomic E-state index is 0.863. The molecule has 0 N–H and O–H groups in total. The van der Waals surface area contributed by atoms with E-state index >= 15 is 0 Å². The van der Waals surface area contributed by atoms with Crippen molar-refractivity contribution in [3.63, 3.8) is 0 Å². The number of halogens is 1. The summed E-state index contributed by atoms with van der Waals surface area (Å²) in [6.07, 6.45) is 0. The largest absolute Gasteiger partial charge is 0.350 e. The van der Waals surface area contributed by atoms with Gasteiger partial charge in [-0.15, -0.1) is 0 Å². The first-order valence-corrected chi connectivity index (χ1v) is 3.04. The van der Waals surface area contributed by atoms with Gasteiger partial charge in [0.25, 0.3) is 0 Å². The molecule has 0 nitrogen and oxygen atoms in total. The summed E-state index contributed by atoms with van der Waals surface area (Å²) in [4.78, 5) is 0. The molecule has 0 saturated carbocycles. The fourth-order valence-electron chi connectivity index (χ4n) is 0. The van der Waals surface area contributed by atoms with E-state index < -0.39 is 4.25 Å². The van der Waals surface area contributed by atoms with Crippen LogP contribution in [0, 0.1) is 0 Å². The molecule has 0 heterocycles. The Morgan fingerprint density at radius 3 is 2.50 bits per heavy atom. The summed E-state index contributed by atoms with van der Waals surface area (Å²) in [6.45, 7) is 1.87. The molecule has 2 atom stereocenters. The van der Waals surface area contributed by atoms with Gasteiger partial charge in [0.2, 0.25) is 0 Å². The second-order valence-electron chi connectivity index (χ2n) is 0.678. The molecule has 0 rings (SSSR count). The van der Waals surface area contributed by atoms with E-state index in [9.17, 15) is 0 Å². The molecule has 0 aromatic heterocycles. The van der Waals surface area contributed by atoms with Gasteiger partial charge in [-0.05, 0) is 0 Å². The minimum atomic E-state index is -0.863. The van der Waals surface area contributed by atoms with Gasteiger partial charge in [0.05, 0.1) is 4.25 Å². The van der Waals surface area contributed by atoms with E-state index in [2.05, 4.69) is 31.5 Å². The van der Waals surface area contributed by atoms with E-state index in [0.717, 1.165) is 0 Å². The molecule has 4 heavy (non-hydrogen) atoms. The smallest absolute Gasteiger partial charge is 0.0646 e. The number of rotatable bonds is 0. The van der Waals surface area contributed by atoms with Crippen molar-refractivity contribution in [1.82, 2.24) is 0 Å². The molecule has 0 aromatic carbocycles. The molecule has 0 aliphatic heterocycles. The molecular weight excluding hydrogens is 181 g/mol. The Bertz CT molecular complexity index is 27.1. The van der Waals surface area contributed by atoms with Gasteiger partial charge in [-0.25, -0.2) is 1.34 Å². The summed E-state index contributed by atoms with van der Waals surface area (Å²) in [7, 11) is 2.43. The third kappa shape index (κ3) is 10.6. The Morgan fingerprint density at radius 1 is 2.50 bits per heavy atom. The summed E-state index contributed by atoms with van der Waals surface area (Å²) in [6, 6.07) is 0. The van der Waals surface area contributed by atoms with Crippen molar-refractivity contribution in [1.29, 1.82) is 1.34 Å². The summed E-state index contributed by atoms with van der Waals surface area (Å²) >= 11 is 2.07. The summed E-state index contributed by atoms with van der Waals surface area (Å²) < 4.78 is 6.09. The van der Waals surface area contributed by atoms with Crippen molar-refractivity contribution in [3.05, 3.63) is 0 Å². The van der Waals surface area contributed by atoms with E-state index in [-0.39, 0.29) is 0 Å². The molecule has 0 radical (unpaired) electrons. The van der Waals surface area contributed by atoms with Crippen molar-refractivity contribution in [2.75, 3.05) is 0 Å². The van der Waals surface area contributed by atoms with E-state index in [1.807, 2.05) is 6.82 Å². The lowest BCUT2D eigenvalue weighted by atomic mass is 10.2. The van der Waals surface area contributed by atoms with Gasteiger partial charge in [-0.1, -0.05) is 0 Å². The van der Waals surface area contributed by atoms with E-state index in [1.54, 1.807) is 0 Å². The van der Waals surface area contributed by atoms with Crippen molar-refractivity contribution < 1.29 is 0 Å². The maximum absolute atomic E-state index is 6.95. The zero-order valence-corrected chi connectivity index (χ0v) is 5.84. The topological polar surface area (TPSA) is 0 Å². The molecule has 3 heteroatoms. The lowest BCUT2D eigenvalue weighted by molar-refractivity contribution is 2.37. The molecule has 0 spiro atoms. The lowest BCUT2D eigenvalue weighted by Crippen LogP contribution is -1.69. The maximum atomic E-state index is 6.95. The lowest BCUT2D eigenvalue weighted by Gasteiger charge is -1.85. The van der Waals surface area contributed by atoms with E-state index in [0.29, 0.717) is 0 Å². The maximum Gasteiger partial charge on any atom is 0.0646 e. The molecule has 0 aromatic rings. The van der Waals surface area contributed by atoms with E-state index in [1.165, 1.54) is 0 Å². The van der Waals surface area contributed by atoms with Crippen LogP contribution in [-0.4, -0.2) is 5.59 Å². The number of hydrogen-bond donors (Lipinski definition) is 0. The first-order chi connectivity index (χ1) is 2.00. The molecule has 0 fully saturated rings. The highest BCUT2D eigenvalue weighted by molar-refractivity contribution is 14.1. The average molecular weight is 189 g/mol. The molecule has 0 aliphatic rings. The highest BCUT2D eigenvalue weighted by Gasteiger charge is 1.64. The van der Waals surface area contributed by atoms with Crippen LogP contribution in [0.4, 0.5) is 0 Å². The van der Waals surface area contributed by atoms with Crippen molar-refractivity contribution in [3.8, 4) is 0 Å². The Hall–Kier alpha value is 1.22. The van der Waals surface area contributed by atoms with Gasteiger partial charge < -0.3 is 22.4 Å². The summed E-state index contributed by atoms with van der Waals surface area (Å²) in [5, 5.41) is 0. The zero-order chi connectivity index (χ0) is 4.50. The number of hydrogen-bond acceptors (Lipinski definition) is 0. The highest BCUT2D eigenvalue weighted by Crippen LogP contribution is 1.99. The third-order valence-electron chi connectivity index (χ3n) is 0. The van der Waals surface area contributed by atoms with Gasteiger partial charge >= 0.3 is 0 Å². The van der Waals surface area contributed by atoms with Crippen LogP contribution in [0.5, 0.6) is 0 Å². The molecule has 26 valence electrons. The highest BCUT2D eigenvalue weighted by atomic mass is 127. The van der Waals surface area contributed by atoms with Crippen molar-refractivity contribution >= 4 is 35.7 Å².